The predicted octanol–water partition coefficient (Wildman–Crippen LogP) is 2.72. The summed E-state index contributed by atoms with van der Waals surface area (Å²) in [4.78, 5) is 0.306. The minimum absolute atomic E-state index is 0.200. The van der Waals surface area contributed by atoms with Gasteiger partial charge in [0.2, 0.25) is 9.84 Å². The van der Waals surface area contributed by atoms with Gasteiger partial charge < -0.3 is 0 Å². The van der Waals surface area contributed by atoms with Gasteiger partial charge in [-0.2, -0.15) is 0 Å². The van der Waals surface area contributed by atoms with Crippen LogP contribution in [0.2, 0.25) is 0 Å². The number of benzene rings is 1. The Kier molecular flexibility index (Phi) is 3.27. The Bertz CT molecular complexity index is 407. The third-order valence-corrected chi connectivity index (χ3v) is 4.92. The number of allylic oxidation sites excluding steroid dienone is 1. The molecule has 0 saturated heterocycles. The van der Waals surface area contributed by atoms with Crippen LogP contribution in [0.3, 0.4) is 0 Å². The molecule has 0 aliphatic rings. The zero-order valence-electron chi connectivity index (χ0n) is 7.07. The lowest BCUT2D eigenvalue weighted by Gasteiger charge is -2.01. The van der Waals surface area contributed by atoms with E-state index in [0.29, 0.717) is 4.90 Å². The van der Waals surface area contributed by atoms with Crippen molar-refractivity contribution in [1.82, 2.24) is 0 Å². The molecule has 0 bridgehead atoms. The van der Waals surface area contributed by atoms with Gasteiger partial charge in [0, 0.05) is 0 Å². The molecule has 70 valence electrons. The molecule has 0 unspecified atom stereocenters. The summed E-state index contributed by atoms with van der Waals surface area (Å²) in [6, 6.07) is 8.31. The van der Waals surface area contributed by atoms with Gasteiger partial charge in [0.15, 0.2) is 0 Å². The van der Waals surface area contributed by atoms with Gasteiger partial charge in [-0.1, -0.05) is 24.3 Å². The Labute approximate surface area is 86.3 Å². The lowest BCUT2D eigenvalue weighted by molar-refractivity contribution is 0.604. The molecule has 0 amide bonds. The van der Waals surface area contributed by atoms with Crippen LogP contribution in [0.5, 0.6) is 0 Å². The number of halogens is 1. The topological polar surface area (TPSA) is 34.1 Å². The van der Waals surface area contributed by atoms with E-state index in [0.717, 1.165) is 0 Å². The highest BCUT2D eigenvalue weighted by molar-refractivity contribution is 9.13. The molecule has 0 atom stereocenters. The van der Waals surface area contributed by atoms with Crippen molar-refractivity contribution in [1.29, 1.82) is 0 Å². The van der Waals surface area contributed by atoms with E-state index < -0.39 is 9.84 Å². The van der Waals surface area contributed by atoms with Gasteiger partial charge in [0.05, 0.1) is 4.90 Å². The molecular formula is C9H9BrO2S. The highest BCUT2D eigenvalue weighted by atomic mass is 79.9. The highest BCUT2D eigenvalue weighted by Crippen LogP contribution is 2.22. The third kappa shape index (κ3) is 2.19. The van der Waals surface area contributed by atoms with Crippen molar-refractivity contribution in [3.05, 3.63) is 40.2 Å². The summed E-state index contributed by atoms with van der Waals surface area (Å²) in [6.45, 7) is 1.67. The largest absolute Gasteiger partial charge is 0.218 e. The zero-order valence-corrected chi connectivity index (χ0v) is 9.47. The van der Waals surface area contributed by atoms with Crippen LogP contribution in [-0.4, -0.2) is 8.42 Å². The summed E-state index contributed by atoms with van der Waals surface area (Å²) in [5.74, 6) is 0. The molecule has 0 spiro atoms. The summed E-state index contributed by atoms with van der Waals surface area (Å²) in [6.07, 6.45) is 1.52. The second-order valence-electron chi connectivity index (χ2n) is 2.41. The Hall–Kier alpha value is -0.610. The van der Waals surface area contributed by atoms with Crippen LogP contribution in [0.4, 0.5) is 0 Å². The standard InChI is InChI=1S/C9H9BrO2S/c1-2-9(10)13(11,12)8-6-4-3-5-7-8/h2-7H,1H3. The van der Waals surface area contributed by atoms with Crippen molar-refractivity contribution in [3.8, 4) is 0 Å². The minimum atomic E-state index is -3.31. The molecule has 0 aliphatic heterocycles. The van der Waals surface area contributed by atoms with E-state index in [1.54, 1.807) is 37.3 Å². The molecule has 13 heavy (non-hydrogen) atoms. The first-order chi connectivity index (χ1) is 6.09. The SMILES string of the molecule is CC=C(Br)S(=O)(=O)c1ccccc1. The molecule has 2 nitrogen and oxygen atoms in total. The average molecular weight is 261 g/mol. The minimum Gasteiger partial charge on any atom is -0.218 e. The van der Waals surface area contributed by atoms with Gasteiger partial charge in [-0.05, 0) is 35.0 Å². The van der Waals surface area contributed by atoms with Gasteiger partial charge >= 0.3 is 0 Å². The first-order valence-electron chi connectivity index (χ1n) is 3.71. The van der Waals surface area contributed by atoms with Crippen LogP contribution in [0, 0.1) is 0 Å². The maximum Gasteiger partial charge on any atom is 0.212 e. The maximum atomic E-state index is 11.6. The van der Waals surface area contributed by atoms with Crippen LogP contribution in [-0.2, 0) is 9.84 Å². The molecule has 4 heteroatoms. The second-order valence-corrected chi connectivity index (χ2v) is 5.71. The quantitative estimate of drug-likeness (QED) is 0.820. The molecule has 0 heterocycles. The first-order valence-corrected chi connectivity index (χ1v) is 5.98. The normalized spacial score (nSPS) is 12.9. The van der Waals surface area contributed by atoms with E-state index in [9.17, 15) is 8.42 Å². The molecule has 0 radical (unpaired) electrons. The number of hydrogen-bond acceptors (Lipinski definition) is 2. The molecule has 0 aromatic heterocycles. The van der Waals surface area contributed by atoms with Crippen LogP contribution >= 0.6 is 15.9 Å². The maximum absolute atomic E-state index is 11.6. The zero-order chi connectivity index (χ0) is 9.90. The fourth-order valence-corrected chi connectivity index (χ4v) is 2.48. The molecule has 1 aromatic rings. The van der Waals surface area contributed by atoms with E-state index >= 15 is 0 Å². The molecule has 0 aliphatic carbocycles. The Morgan fingerprint density at radius 3 is 2.31 bits per heavy atom. The summed E-state index contributed by atoms with van der Waals surface area (Å²) >= 11 is 3.01. The summed E-state index contributed by atoms with van der Waals surface area (Å²) in [5.41, 5.74) is 0. The Balaban J connectivity index is 3.25. The van der Waals surface area contributed by atoms with Gasteiger partial charge in [0.1, 0.15) is 3.81 Å². The van der Waals surface area contributed by atoms with Crippen molar-refractivity contribution in [2.45, 2.75) is 11.8 Å². The van der Waals surface area contributed by atoms with Crippen molar-refractivity contribution < 1.29 is 8.42 Å². The lowest BCUT2D eigenvalue weighted by atomic mass is 10.4. The van der Waals surface area contributed by atoms with Crippen molar-refractivity contribution in [2.24, 2.45) is 0 Å². The van der Waals surface area contributed by atoms with Gasteiger partial charge in [-0.15, -0.1) is 0 Å². The Morgan fingerprint density at radius 1 is 1.31 bits per heavy atom. The summed E-state index contributed by atoms with van der Waals surface area (Å²) < 4.78 is 23.5. The van der Waals surface area contributed by atoms with E-state index in [1.165, 1.54) is 6.08 Å². The fourth-order valence-electron chi connectivity index (χ4n) is 0.867. The van der Waals surface area contributed by atoms with E-state index in [2.05, 4.69) is 15.9 Å². The van der Waals surface area contributed by atoms with Gasteiger partial charge in [0.25, 0.3) is 0 Å². The highest BCUT2D eigenvalue weighted by Gasteiger charge is 2.16. The molecule has 0 fully saturated rings. The molecule has 0 saturated carbocycles. The number of hydrogen-bond donors (Lipinski definition) is 0. The molecule has 1 aromatic carbocycles. The molecular weight excluding hydrogens is 252 g/mol. The summed E-state index contributed by atoms with van der Waals surface area (Å²) in [7, 11) is -3.31. The van der Waals surface area contributed by atoms with Crippen LogP contribution in [0.25, 0.3) is 0 Å². The summed E-state index contributed by atoms with van der Waals surface area (Å²) in [5, 5.41) is 0. The van der Waals surface area contributed by atoms with E-state index in [1.807, 2.05) is 0 Å². The molecule has 0 N–H and O–H groups in total. The van der Waals surface area contributed by atoms with E-state index in [-0.39, 0.29) is 3.81 Å². The van der Waals surface area contributed by atoms with Crippen LogP contribution in [0.1, 0.15) is 6.92 Å². The molecule has 1 rings (SSSR count). The van der Waals surface area contributed by atoms with Crippen molar-refractivity contribution in [2.75, 3.05) is 0 Å². The monoisotopic (exact) mass is 260 g/mol. The van der Waals surface area contributed by atoms with Crippen molar-refractivity contribution >= 4 is 25.8 Å². The number of sulfone groups is 1. The third-order valence-electron chi connectivity index (χ3n) is 1.54. The lowest BCUT2D eigenvalue weighted by Crippen LogP contribution is -1.99. The first kappa shape index (κ1) is 10.5. The van der Waals surface area contributed by atoms with Crippen LogP contribution in [0.15, 0.2) is 45.1 Å². The Morgan fingerprint density at radius 2 is 1.85 bits per heavy atom. The van der Waals surface area contributed by atoms with Crippen LogP contribution < -0.4 is 0 Å². The fraction of sp³-hybridized carbons (Fsp3) is 0.111. The van der Waals surface area contributed by atoms with Gasteiger partial charge in [-0.3, -0.25) is 0 Å². The smallest absolute Gasteiger partial charge is 0.212 e. The predicted molar refractivity (Wildman–Crippen MR) is 56.3 cm³/mol. The number of rotatable bonds is 2. The van der Waals surface area contributed by atoms with E-state index in [4.69, 9.17) is 0 Å². The van der Waals surface area contributed by atoms with Crippen molar-refractivity contribution in [3.63, 3.8) is 0 Å². The average Bonchev–Trinajstić information content (AvgIpc) is 2.18. The second kappa shape index (κ2) is 4.07. The van der Waals surface area contributed by atoms with Gasteiger partial charge in [-0.25, -0.2) is 8.42 Å².